The molecule has 0 aromatic rings. The molecule has 6 heteroatoms. The average Bonchev–Trinajstić information content (AvgIpc) is 1.88. The van der Waals surface area contributed by atoms with Gasteiger partial charge in [-0.25, -0.2) is 0 Å². The van der Waals surface area contributed by atoms with Crippen LogP contribution < -0.4 is 10.6 Å². The second-order valence-electron chi connectivity index (χ2n) is 1.91. The summed E-state index contributed by atoms with van der Waals surface area (Å²) in [6, 6.07) is 0. The van der Waals surface area contributed by atoms with Crippen molar-refractivity contribution in [3.05, 3.63) is 10.4 Å². The molecular formula is C4H7N5S. The van der Waals surface area contributed by atoms with Crippen molar-refractivity contribution in [1.29, 1.82) is 0 Å². The highest BCUT2D eigenvalue weighted by Crippen LogP contribution is 1.97. The van der Waals surface area contributed by atoms with Crippen LogP contribution in [0.15, 0.2) is 5.11 Å². The minimum absolute atomic E-state index is 0.168. The number of nitrogens with zero attached hydrogens (tertiary/aromatic N) is 3. The molecule has 0 bridgehead atoms. The highest BCUT2D eigenvalue weighted by atomic mass is 32.1. The van der Waals surface area contributed by atoms with Gasteiger partial charge in [0.25, 0.3) is 0 Å². The van der Waals surface area contributed by atoms with E-state index in [-0.39, 0.29) is 6.17 Å². The van der Waals surface area contributed by atoms with E-state index in [0.29, 0.717) is 5.11 Å². The summed E-state index contributed by atoms with van der Waals surface area (Å²) in [5.74, 6) is 0. The largest absolute Gasteiger partial charge is 0.363 e. The maximum Gasteiger partial charge on any atom is 0.166 e. The lowest BCUT2D eigenvalue weighted by Gasteiger charge is -2.21. The van der Waals surface area contributed by atoms with E-state index in [1.807, 2.05) is 0 Å². The van der Waals surface area contributed by atoms with E-state index in [9.17, 15) is 0 Å². The molecule has 1 unspecified atom stereocenters. The predicted octanol–water partition coefficient (Wildman–Crippen LogP) is 0.491. The fourth-order valence-electron chi connectivity index (χ4n) is 0.746. The van der Waals surface area contributed by atoms with Crippen LogP contribution in [0, 0.1) is 0 Å². The molecule has 0 spiro atoms. The molecule has 1 rings (SSSR count). The first-order chi connectivity index (χ1) is 4.83. The van der Waals surface area contributed by atoms with Gasteiger partial charge in [0.1, 0.15) is 6.17 Å². The second kappa shape index (κ2) is 3.24. The Morgan fingerprint density at radius 2 is 2.60 bits per heavy atom. The molecule has 1 heterocycles. The number of azide groups is 1. The normalized spacial score (nSPS) is 24.0. The van der Waals surface area contributed by atoms with Crippen LogP contribution in [0.25, 0.3) is 10.4 Å². The summed E-state index contributed by atoms with van der Waals surface area (Å²) in [5.41, 5.74) is 8.06. The van der Waals surface area contributed by atoms with E-state index in [1.54, 1.807) is 0 Å². The molecule has 2 N–H and O–H groups in total. The Balaban J connectivity index is 2.46. The van der Waals surface area contributed by atoms with Gasteiger partial charge in [0.15, 0.2) is 5.11 Å². The van der Waals surface area contributed by atoms with Gasteiger partial charge in [0.05, 0.1) is 0 Å². The van der Waals surface area contributed by atoms with E-state index >= 15 is 0 Å². The number of hydrogen-bond donors (Lipinski definition) is 2. The molecule has 54 valence electrons. The van der Waals surface area contributed by atoms with Crippen molar-refractivity contribution in [3.63, 3.8) is 0 Å². The van der Waals surface area contributed by atoms with Crippen molar-refractivity contribution in [2.24, 2.45) is 5.11 Å². The average molecular weight is 157 g/mol. The first-order valence-electron chi connectivity index (χ1n) is 2.91. The molecule has 0 aromatic carbocycles. The third-order valence-corrected chi connectivity index (χ3v) is 1.45. The van der Waals surface area contributed by atoms with Crippen molar-refractivity contribution < 1.29 is 0 Å². The molecule has 0 aliphatic carbocycles. The molecular weight excluding hydrogens is 150 g/mol. The fraction of sp³-hybridized carbons (Fsp3) is 0.750. The first kappa shape index (κ1) is 7.11. The van der Waals surface area contributed by atoms with Crippen LogP contribution >= 0.6 is 12.2 Å². The van der Waals surface area contributed by atoms with Crippen molar-refractivity contribution in [2.75, 3.05) is 6.54 Å². The van der Waals surface area contributed by atoms with Gasteiger partial charge >= 0.3 is 0 Å². The molecule has 1 aliphatic heterocycles. The molecule has 1 atom stereocenters. The molecule has 0 amide bonds. The van der Waals surface area contributed by atoms with E-state index in [0.717, 1.165) is 13.0 Å². The molecule has 1 fully saturated rings. The third kappa shape index (κ3) is 1.75. The van der Waals surface area contributed by atoms with Crippen LogP contribution in [-0.4, -0.2) is 17.8 Å². The molecule has 0 radical (unpaired) electrons. The highest BCUT2D eigenvalue weighted by Gasteiger charge is 2.11. The molecule has 0 aromatic heterocycles. The van der Waals surface area contributed by atoms with Crippen LogP contribution in [0.4, 0.5) is 0 Å². The lowest BCUT2D eigenvalue weighted by atomic mass is 10.3. The Bertz CT molecular complexity index is 184. The van der Waals surface area contributed by atoms with Crippen molar-refractivity contribution in [3.8, 4) is 0 Å². The number of hydrogen-bond acceptors (Lipinski definition) is 2. The van der Waals surface area contributed by atoms with Crippen LogP contribution in [0.2, 0.25) is 0 Å². The zero-order chi connectivity index (χ0) is 7.40. The van der Waals surface area contributed by atoms with Crippen molar-refractivity contribution >= 4 is 17.3 Å². The minimum Gasteiger partial charge on any atom is -0.363 e. The second-order valence-corrected chi connectivity index (χ2v) is 2.32. The lowest BCUT2D eigenvalue weighted by Crippen LogP contribution is -2.47. The zero-order valence-electron chi connectivity index (χ0n) is 5.24. The molecule has 10 heavy (non-hydrogen) atoms. The number of rotatable bonds is 1. The Labute approximate surface area is 63.4 Å². The smallest absolute Gasteiger partial charge is 0.166 e. The van der Waals surface area contributed by atoms with Gasteiger partial charge in [-0.2, -0.15) is 0 Å². The highest BCUT2D eigenvalue weighted by molar-refractivity contribution is 7.80. The Morgan fingerprint density at radius 3 is 3.20 bits per heavy atom. The van der Waals surface area contributed by atoms with Crippen molar-refractivity contribution in [1.82, 2.24) is 10.6 Å². The zero-order valence-corrected chi connectivity index (χ0v) is 6.06. The topological polar surface area (TPSA) is 72.8 Å². The summed E-state index contributed by atoms with van der Waals surface area (Å²) in [5, 5.41) is 9.76. The maximum atomic E-state index is 8.06. The van der Waals surface area contributed by atoms with Gasteiger partial charge in [-0.15, -0.1) is 0 Å². The van der Waals surface area contributed by atoms with Gasteiger partial charge < -0.3 is 10.6 Å². The van der Waals surface area contributed by atoms with E-state index in [1.165, 1.54) is 0 Å². The van der Waals surface area contributed by atoms with Crippen LogP contribution in [-0.2, 0) is 0 Å². The van der Waals surface area contributed by atoms with Gasteiger partial charge in [0, 0.05) is 11.5 Å². The maximum absolute atomic E-state index is 8.06. The van der Waals surface area contributed by atoms with Gasteiger partial charge in [-0.3, -0.25) is 0 Å². The molecule has 0 saturated carbocycles. The minimum atomic E-state index is -0.168. The van der Waals surface area contributed by atoms with Crippen LogP contribution in [0.1, 0.15) is 6.42 Å². The van der Waals surface area contributed by atoms with Crippen LogP contribution in [0.5, 0.6) is 0 Å². The van der Waals surface area contributed by atoms with Gasteiger partial charge in [0.2, 0.25) is 0 Å². The Kier molecular flexibility index (Phi) is 2.30. The van der Waals surface area contributed by atoms with E-state index < -0.39 is 0 Å². The molecule has 1 saturated heterocycles. The molecule has 1 aliphatic rings. The summed E-state index contributed by atoms with van der Waals surface area (Å²) in [7, 11) is 0. The fourth-order valence-corrected chi connectivity index (χ4v) is 0.984. The monoisotopic (exact) mass is 157 g/mol. The summed E-state index contributed by atoms with van der Waals surface area (Å²) in [6.07, 6.45) is 0.614. The number of nitrogens with one attached hydrogen (secondary N) is 2. The summed E-state index contributed by atoms with van der Waals surface area (Å²) < 4.78 is 0. The van der Waals surface area contributed by atoms with Crippen LogP contribution in [0.3, 0.4) is 0 Å². The Hall–Kier alpha value is -1.00. The van der Waals surface area contributed by atoms with Gasteiger partial charge in [-0.1, -0.05) is 5.11 Å². The summed E-state index contributed by atoms with van der Waals surface area (Å²) in [4.78, 5) is 2.67. The third-order valence-electron chi connectivity index (χ3n) is 1.19. The predicted molar refractivity (Wildman–Crippen MR) is 41.3 cm³/mol. The van der Waals surface area contributed by atoms with E-state index in [2.05, 4.69) is 20.7 Å². The van der Waals surface area contributed by atoms with E-state index in [4.69, 9.17) is 17.7 Å². The molecule has 5 nitrogen and oxygen atoms in total. The van der Waals surface area contributed by atoms with Crippen molar-refractivity contribution in [2.45, 2.75) is 12.6 Å². The summed E-state index contributed by atoms with van der Waals surface area (Å²) >= 11 is 4.79. The first-order valence-corrected chi connectivity index (χ1v) is 3.32. The summed E-state index contributed by atoms with van der Waals surface area (Å²) in [6.45, 7) is 0.773. The standard InChI is InChI=1S/C4H7N5S/c5-9-8-3-1-2-6-4(10)7-3/h3H,1-2H2,(H2,6,7,10). The quantitative estimate of drug-likeness (QED) is 0.252. The Morgan fingerprint density at radius 1 is 1.80 bits per heavy atom. The number of thiocarbonyl (C=S) groups is 1. The SMILES string of the molecule is [N-]=[N+]=NC1CCNC(=S)N1. The lowest BCUT2D eigenvalue weighted by molar-refractivity contribution is 0.529. The van der Waals surface area contributed by atoms with Gasteiger partial charge in [-0.05, 0) is 24.2 Å².